The highest BCUT2D eigenvalue weighted by Crippen LogP contribution is 2.42. The molecule has 0 radical (unpaired) electrons. The van der Waals surface area contributed by atoms with E-state index in [1.54, 1.807) is 23.4 Å². The Morgan fingerprint density at radius 1 is 1.21 bits per heavy atom. The van der Waals surface area contributed by atoms with E-state index >= 15 is 0 Å². The predicted octanol–water partition coefficient (Wildman–Crippen LogP) is 4.15. The molecule has 9 heteroatoms. The zero-order valence-corrected chi connectivity index (χ0v) is 19.4. The van der Waals surface area contributed by atoms with Gasteiger partial charge in [-0.05, 0) is 44.9 Å². The third-order valence-corrected chi connectivity index (χ3v) is 6.61. The van der Waals surface area contributed by atoms with E-state index in [4.69, 9.17) is 5.73 Å². The Hall–Kier alpha value is -4.14. The molecule has 0 aliphatic carbocycles. The second-order valence-electron chi connectivity index (χ2n) is 9.16. The van der Waals surface area contributed by atoms with Gasteiger partial charge in [-0.1, -0.05) is 6.07 Å². The molecule has 0 spiro atoms. The highest BCUT2D eigenvalue weighted by Gasteiger charge is 2.28. The average molecular weight is 455 g/mol. The van der Waals surface area contributed by atoms with E-state index < -0.39 is 0 Å². The summed E-state index contributed by atoms with van der Waals surface area (Å²) in [4.78, 5) is 21.8. The van der Waals surface area contributed by atoms with Crippen molar-refractivity contribution in [3.63, 3.8) is 0 Å². The molecule has 0 saturated heterocycles. The molecule has 1 aliphatic heterocycles. The lowest BCUT2D eigenvalue weighted by atomic mass is 10.1. The molecular formula is C25H26N8O. The first-order chi connectivity index (χ1) is 16.4. The molecule has 1 amide bonds. The van der Waals surface area contributed by atoms with Crippen molar-refractivity contribution in [2.24, 2.45) is 7.05 Å². The van der Waals surface area contributed by atoms with Crippen LogP contribution in [-0.4, -0.2) is 34.8 Å². The van der Waals surface area contributed by atoms with E-state index in [2.05, 4.69) is 49.4 Å². The number of amides is 1. The molecule has 1 aliphatic rings. The minimum atomic E-state index is -0.159. The number of hydrogen-bond donors (Lipinski definition) is 2. The first-order valence-corrected chi connectivity index (χ1v) is 11.5. The molecule has 1 aromatic carbocycles. The number of nitrogens with zero attached hydrogens (tertiary/aromatic N) is 6. The average Bonchev–Trinajstić information content (AvgIpc) is 3.44. The van der Waals surface area contributed by atoms with Gasteiger partial charge in [0.15, 0.2) is 0 Å². The van der Waals surface area contributed by atoms with E-state index in [0.29, 0.717) is 17.1 Å². The molecular weight excluding hydrogens is 428 g/mol. The van der Waals surface area contributed by atoms with Crippen molar-refractivity contribution in [2.45, 2.75) is 39.3 Å². The van der Waals surface area contributed by atoms with Crippen molar-refractivity contribution >= 4 is 39.3 Å². The van der Waals surface area contributed by atoms with E-state index in [9.17, 15) is 4.79 Å². The summed E-state index contributed by atoms with van der Waals surface area (Å²) in [5, 5.41) is 9.03. The van der Waals surface area contributed by atoms with Crippen molar-refractivity contribution in [1.29, 1.82) is 0 Å². The first kappa shape index (κ1) is 20.5. The van der Waals surface area contributed by atoms with Crippen LogP contribution in [0, 0.1) is 0 Å². The third kappa shape index (κ3) is 3.00. The van der Waals surface area contributed by atoms with E-state index in [1.165, 1.54) is 5.69 Å². The number of benzene rings is 1. The van der Waals surface area contributed by atoms with Gasteiger partial charge < -0.3 is 20.2 Å². The van der Waals surface area contributed by atoms with Crippen molar-refractivity contribution in [3.05, 3.63) is 54.2 Å². The van der Waals surface area contributed by atoms with Crippen molar-refractivity contribution in [1.82, 2.24) is 28.9 Å². The van der Waals surface area contributed by atoms with Crippen LogP contribution in [0.5, 0.6) is 0 Å². The summed E-state index contributed by atoms with van der Waals surface area (Å²) in [5.41, 5.74) is 13.0. The predicted molar refractivity (Wildman–Crippen MR) is 133 cm³/mol. The van der Waals surface area contributed by atoms with Gasteiger partial charge in [0.1, 0.15) is 17.8 Å². The van der Waals surface area contributed by atoms with Gasteiger partial charge in [0.05, 0.1) is 23.0 Å². The van der Waals surface area contributed by atoms with Crippen LogP contribution in [0.1, 0.15) is 42.4 Å². The molecule has 9 nitrogen and oxygen atoms in total. The molecule has 6 rings (SSSR count). The van der Waals surface area contributed by atoms with E-state index in [-0.39, 0.29) is 11.9 Å². The number of nitrogens with one attached hydrogen (secondary N) is 1. The molecule has 4 aromatic heterocycles. The SMILES string of the molecule is CC(C)n1c2c(c3c(N)ncnc31)-c1cc3ccc(C(=O)Nc4cnn(C)c4)cc3n1CCC2. The topological polar surface area (TPSA) is 109 Å². The third-order valence-electron chi connectivity index (χ3n) is 6.61. The molecule has 34 heavy (non-hydrogen) atoms. The van der Waals surface area contributed by atoms with Gasteiger partial charge in [-0.2, -0.15) is 5.10 Å². The number of carbonyl (C=O) groups excluding carboxylic acids is 1. The Kier molecular flexibility index (Phi) is 4.48. The minimum absolute atomic E-state index is 0.159. The Morgan fingerprint density at radius 3 is 2.82 bits per heavy atom. The fourth-order valence-electron chi connectivity index (χ4n) is 5.22. The van der Waals surface area contributed by atoms with Crippen LogP contribution >= 0.6 is 0 Å². The maximum absolute atomic E-state index is 12.9. The van der Waals surface area contributed by atoms with Gasteiger partial charge in [0, 0.05) is 53.6 Å². The van der Waals surface area contributed by atoms with Gasteiger partial charge in [-0.25, -0.2) is 9.97 Å². The quantitative estimate of drug-likeness (QED) is 0.426. The van der Waals surface area contributed by atoms with Crippen LogP contribution in [-0.2, 0) is 20.0 Å². The zero-order valence-electron chi connectivity index (χ0n) is 19.4. The van der Waals surface area contributed by atoms with E-state index in [0.717, 1.165) is 52.6 Å². The lowest BCUT2D eigenvalue weighted by Gasteiger charge is -2.13. The molecule has 0 unspecified atom stereocenters. The highest BCUT2D eigenvalue weighted by molar-refractivity contribution is 6.08. The molecule has 5 aromatic rings. The lowest BCUT2D eigenvalue weighted by Crippen LogP contribution is -2.11. The summed E-state index contributed by atoms with van der Waals surface area (Å²) in [6, 6.07) is 8.29. The Morgan fingerprint density at radius 2 is 2.06 bits per heavy atom. The number of nitrogens with two attached hydrogens (primary N) is 1. The highest BCUT2D eigenvalue weighted by atomic mass is 16.1. The molecule has 0 bridgehead atoms. The summed E-state index contributed by atoms with van der Waals surface area (Å²) < 4.78 is 6.26. The number of carbonyl (C=O) groups is 1. The Bertz CT molecular complexity index is 1590. The van der Waals surface area contributed by atoms with Gasteiger partial charge in [0.2, 0.25) is 0 Å². The molecule has 0 saturated carbocycles. The second-order valence-corrected chi connectivity index (χ2v) is 9.16. The standard InChI is InChI=1S/C25H26N8O/c1-14(2)33-18-5-4-8-32-19-10-16(25(34)30-17-11-29-31(3)12-17)7-6-15(19)9-20(32)21(18)22-23(26)27-13-28-24(22)33/h6-7,9-14H,4-5,8H2,1-3H3,(H,30,34)(H2,26,27,28). The summed E-state index contributed by atoms with van der Waals surface area (Å²) in [5.74, 6) is 0.338. The van der Waals surface area contributed by atoms with Crippen LogP contribution in [0.15, 0.2) is 43.0 Å². The monoisotopic (exact) mass is 454 g/mol. The van der Waals surface area contributed by atoms with Gasteiger partial charge in [0.25, 0.3) is 5.91 Å². The lowest BCUT2D eigenvalue weighted by molar-refractivity contribution is 0.102. The summed E-state index contributed by atoms with van der Waals surface area (Å²) in [6.07, 6.45) is 6.86. The normalized spacial score (nSPS) is 13.3. The van der Waals surface area contributed by atoms with Gasteiger partial charge in [-0.3, -0.25) is 9.48 Å². The first-order valence-electron chi connectivity index (χ1n) is 11.5. The number of aryl methyl sites for hydroxylation is 2. The second kappa shape index (κ2) is 7.44. The molecule has 0 atom stereocenters. The maximum atomic E-state index is 12.9. The molecule has 0 fully saturated rings. The fourth-order valence-corrected chi connectivity index (χ4v) is 5.22. The number of nitrogen functional groups attached to an aromatic ring is 1. The fraction of sp³-hybridized carbons (Fsp3) is 0.280. The number of anilines is 2. The van der Waals surface area contributed by atoms with Crippen molar-refractivity contribution < 1.29 is 4.79 Å². The number of hydrogen-bond acceptors (Lipinski definition) is 5. The number of aromatic nitrogens is 6. The van der Waals surface area contributed by atoms with Crippen LogP contribution in [0.2, 0.25) is 0 Å². The largest absolute Gasteiger partial charge is 0.383 e. The summed E-state index contributed by atoms with van der Waals surface area (Å²) >= 11 is 0. The minimum Gasteiger partial charge on any atom is -0.383 e. The van der Waals surface area contributed by atoms with Crippen LogP contribution in [0.4, 0.5) is 11.5 Å². The van der Waals surface area contributed by atoms with Crippen molar-refractivity contribution in [3.8, 4) is 11.3 Å². The van der Waals surface area contributed by atoms with Crippen LogP contribution in [0.25, 0.3) is 33.2 Å². The van der Waals surface area contributed by atoms with E-state index in [1.807, 2.05) is 25.2 Å². The van der Waals surface area contributed by atoms with Gasteiger partial charge in [-0.15, -0.1) is 0 Å². The maximum Gasteiger partial charge on any atom is 0.255 e. The zero-order chi connectivity index (χ0) is 23.6. The van der Waals surface area contributed by atoms with Crippen LogP contribution < -0.4 is 11.1 Å². The van der Waals surface area contributed by atoms with Crippen molar-refractivity contribution in [2.75, 3.05) is 11.1 Å². The number of fused-ring (bicyclic) bond motifs is 7. The smallest absolute Gasteiger partial charge is 0.255 e. The Labute approximate surface area is 196 Å². The summed E-state index contributed by atoms with van der Waals surface area (Å²) in [7, 11) is 1.82. The molecule has 172 valence electrons. The Balaban J connectivity index is 1.53. The summed E-state index contributed by atoms with van der Waals surface area (Å²) in [6.45, 7) is 5.20. The number of rotatable bonds is 3. The van der Waals surface area contributed by atoms with Crippen LogP contribution in [0.3, 0.4) is 0 Å². The van der Waals surface area contributed by atoms with Gasteiger partial charge >= 0.3 is 0 Å². The molecule has 5 heterocycles. The molecule has 3 N–H and O–H groups in total.